The number of unbranched alkanes of at least 4 members (excludes halogenated alkanes) is 14. The maximum absolute atomic E-state index is 12.9. The molecule has 1 unspecified atom stereocenters. The third kappa shape index (κ3) is 66.9. The van der Waals surface area contributed by atoms with Gasteiger partial charge in [-0.1, -0.05) is 279 Å². The minimum atomic E-state index is -0.814. The van der Waals surface area contributed by atoms with Crippen LogP contribution in [0.5, 0.6) is 0 Å². The SMILES string of the molecule is CC/C=C\C/C=C\C/C=C\C/C=C\C/C=C\C/C=C\C/C=C\C/C=C\C/C=C\CCCCCCCC(=O)OCC(COC(=O)CCCCCCCCC)OC(=O)CCCCC/C=C\C/C=C\C/C=C\C/C=C\C/C=C\C/C=C\C/C=C\CC. The zero-order valence-electron chi connectivity index (χ0n) is 52.9. The first-order chi connectivity index (χ1) is 41.0. The fraction of sp³-hybridized carbons (Fsp3) is 0.545. The number of carbonyl (C=O) groups is 3. The van der Waals surface area contributed by atoms with Gasteiger partial charge in [-0.2, -0.15) is 0 Å². The van der Waals surface area contributed by atoms with E-state index in [1.807, 2.05) is 0 Å². The minimum absolute atomic E-state index is 0.107. The molecule has 0 saturated carbocycles. The van der Waals surface area contributed by atoms with Gasteiger partial charge in [0.1, 0.15) is 13.2 Å². The van der Waals surface area contributed by atoms with E-state index < -0.39 is 6.10 Å². The molecule has 0 bridgehead atoms. The van der Waals surface area contributed by atoms with Crippen LogP contribution in [-0.2, 0) is 28.6 Å². The molecule has 6 heteroatoms. The fourth-order valence-corrected chi connectivity index (χ4v) is 8.24. The Labute approximate surface area is 509 Å². The number of rotatable bonds is 57. The summed E-state index contributed by atoms with van der Waals surface area (Å²) in [7, 11) is 0. The smallest absolute Gasteiger partial charge is 0.306 e. The van der Waals surface area contributed by atoms with E-state index in [1.54, 1.807) is 0 Å². The molecular formula is C77H118O6. The summed E-state index contributed by atoms with van der Waals surface area (Å²) in [5, 5.41) is 0. The Bertz CT molecular complexity index is 1990. The van der Waals surface area contributed by atoms with Gasteiger partial charge >= 0.3 is 17.9 Å². The number of hydrogen-bond acceptors (Lipinski definition) is 6. The molecule has 0 aromatic rings. The van der Waals surface area contributed by atoms with Crippen LogP contribution >= 0.6 is 0 Å². The van der Waals surface area contributed by atoms with Crippen LogP contribution in [0, 0.1) is 0 Å². The van der Waals surface area contributed by atoms with E-state index in [0.29, 0.717) is 19.3 Å². The first-order valence-corrected chi connectivity index (χ1v) is 32.9. The van der Waals surface area contributed by atoms with Crippen LogP contribution in [0.15, 0.2) is 194 Å². The molecule has 0 aliphatic rings. The van der Waals surface area contributed by atoms with Crippen LogP contribution in [0.25, 0.3) is 0 Å². The maximum Gasteiger partial charge on any atom is 0.306 e. The fourth-order valence-electron chi connectivity index (χ4n) is 8.24. The molecule has 0 radical (unpaired) electrons. The lowest BCUT2D eigenvalue weighted by atomic mass is 10.1. The van der Waals surface area contributed by atoms with Gasteiger partial charge in [-0.25, -0.2) is 0 Å². The summed E-state index contributed by atoms with van der Waals surface area (Å²) in [5.74, 6) is -0.977. The molecule has 0 aliphatic heterocycles. The maximum atomic E-state index is 12.9. The topological polar surface area (TPSA) is 78.9 Å². The number of allylic oxidation sites excluding steroid dienone is 32. The van der Waals surface area contributed by atoms with Crippen molar-refractivity contribution in [3.63, 3.8) is 0 Å². The summed E-state index contributed by atoms with van der Waals surface area (Å²) < 4.78 is 16.8. The Balaban J connectivity index is 4.30. The Morgan fingerprint density at radius 1 is 0.253 bits per heavy atom. The largest absolute Gasteiger partial charge is 0.462 e. The van der Waals surface area contributed by atoms with Crippen molar-refractivity contribution in [3.05, 3.63) is 194 Å². The van der Waals surface area contributed by atoms with Gasteiger partial charge in [-0.05, 0) is 148 Å². The van der Waals surface area contributed by atoms with Gasteiger partial charge < -0.3 is 14.2 Å². The predicted octanol–water partition coefficient (Wildman–Crippen LogP) is 23.0. The quantitative estimate of drug-likeness (QED) is 0.0261. The van der Waals surface area contributed by atoms with Gasteiger partial charge in [0.25, 0.3) is 0 Å². The first kappa shape index (κ1) is 77.2. The summed E-state index contributed by atoms with van der Waals surface area (Å²) in [4.78, 5) is 38.1. The van der Waals surface area contributed by atoms with Crippen LogP contribution in [0.4, 0.5) is 0 Å². The molecular weight excluding hydrogens is 1020 g/mol. The van der Waals surface area contributed by atoms with Gasteiger partial charge in [-0.3, -0.25) is 14.4 Å². The summed E-state index contributed by atoms with van der Waals surface area (Å²) in [5.41, 5.74) is 0. The van der Waals surface area contributed by atoms with E-state index in [1.165, 1.54) is 25.7 Å². The van der Waals surface area contributed by atoms with Crippen LogP contribution in [-0.4, -0.2) is 37.2 Å². The summed E-state index contributed by atoms with van der Waals surface area (Å²) >= 11 is 0. The highest BCUT2D eigenvalue weighted by Gasteiger charge is 2.19. The standard InChI is InChI=1S/C77H118O6/c1-4-7-10-13-16-18-20-22-24-26-28-30-32-34-35-36-37-38-39-40-41-43-44-46-48-50-52-54-56-58-61-64-67-70-76(79)82-73-74(72-81-75(78)69-66-63-60-15-12-9-6-3)83-77(80)71-68-65-62-59-57-55-53-51-49-47-45-42-33-31-29-27-25-23-21-19-17-14-11-8-5-2/h7-8,10-11,16-19,22-25,28-31,34-35,37-38,40-42,44-46,49-52,55,57,74H,4-6,9,12-15,20-21,26-27,32-33,36,39,43,47-48,53-54,56,58-73H2,1-3H3/b10-7-,11-8-,18-16-,19-17-,24-22-,25-23-,30-28-,31-29-,35-34-,38-37-,41-40-,45-42-,46-44-,51-49-,52-50-,57-55-. The van der Waals surface area contributed by atoms with Crippen molar-refractivity contribution in [1.82, 2.24) is 0 Å². The van der Waals surface area contributed by atoms with E-state index in [4.69, 9.17) is 14.2 Å². The number of carbonyl (C=O) groups excluding carboxylic acids is 3. The lowest BCUT2D eigenvalue weighted by Gasteiger charge is -2.18. The monoisotopic (exact) mass is 1140 g/mol. The molecule has 462 valence electrons. The molecule has 6 nitrogen and oxygen atoms in total. The molecule has 0 saturated heterocycles. The molecule has 0 amide bonds. The number of hydrogen-bond donors (Lipinski definition) is 0. The zero-order chi connectivity index (χ0) is 59.9. The van der Waals surface area contributed by atoms with Crippen molar-refractivity contribution in [2.45, 2.75) is 258 Å². The summed E-state index contributed by atoms with van der Waals surface area (Å²) in [6.45, 7) is 6.31. The highest BCUT2D eigenvalue weighted by molar-refractivity contribution is 5.71. The van der Waals surface area contributed by atoms with E-state index in [9.17, 15) is 14.4 Å². The second kappa shape index (κ2) is 68.7. The molecule has 0 fully saturated rings. The highest BCUT2D eigenvalue weighted by atomic mass is 16.6. The van der Waals surface area contributed by atoms with Crippen molar-refractivity contribution in [3.8, 4) is 0 Å². The second-order valence-corrected chi connectivity index (χ2v) is 20.9. The molecule has 0 heterocycles. The molecule has 83 heavy (non-hydrogen) atoms. The molecule has 0 N–H and O–H groups in total. The first-order valence-electron chi connectivity index (χ1n) is 32.9. The highest BCUT2D eigenvalue weighted by Crippen LogP contribution is 2.13. The predicted molar refractivity (Wildman–Crippen MR) is 361 cm³/mol. The lowest BCUT2D eigenvalue weighted by Crippen LogP contribution is -2.30. The Kier molecular flexibility index (Phi) is 64.0. The van der Waals surface area contributed by atoms with Crippen molar-refractivity contribution in [2.24, 2.45) is 0 Å². The van der Waals surface area contributed by atoms with E-state index >= 15 is 0 Å². The van der Waals surface area contributed by atoms with Crippen LogP contribution < -0.4 is 0 Å². The van der Waals surface area contributed by atoms with Crippen molar-refractivity contribution < 1.29 is 28.6 Å². The molecule has 1 atom stereocenters. The zero-order valence-corrected chi connectivity index (χ0v) is 52.9. The van der Waals surface area contributed by atoms with E-state index in [-0.39, 0.29) is 37.5 Å². The van der Waals surface area contributed by atoms with Crippen molar-refractivity contribution in [1.29, 1.82) is 0 Å². The normalized spacial score (nSPS) is 13.4. The summed E-state index contributed by atoms with van der Waals surface area (Å²) in [6, 6.07) is 0. The number of esters is 3. The lowest BCUT2D eigenvalue weighted by molar-refractivity contribution is -0.167. The molecule has 0 aliphatic carbocycles. The minimum Gasteiger partial charge on any atom is -0.462 e. The Hall–Kier alpha value is -5.75. The third-order valence-electron chi connectivity index (χ3n) is 13.1. The third-order valence-corrected chi connectivity index (χ3v) is 13.1. The molecule has 0 aromatic carbocycles. The molecule has 0 aromatic heterocycles. The Morgan fingerprint density at radius 3 is 0.747 bits per heavy atom. The average molecular weight is 1140 g/mol. The van der Waals surface area contributed by atoms with Gasteiger partial charge in [0.2, 0.25) is 0 Å². The van der Waals surface area contributed by atoms with Gasteiger partial charge in [-0.15, -0.1) is 0 Å². The van der Waals surface area contributed by atoms with Gasteiger partial charge in [0.15, 0.2) is 6.10 Å². The summed E-state index contributed by atoms with van der Waals surface area (Å²) in [6.07, 6.45) is 105. The van der Waals surface area contributed by atoms with Crippen molar-refractivity contribution >= 4 is 17.9 Å². The van der Waals surface area contributed by atoms with Crippen LogP contribution in [0.1, 0.15) is 252 Å². The van der Waals surface area contributed by atoms with E-state index in [0.717, 1.165) is 180 Å². The van der Waals surface area contributed by atoms with Gasteiger partial charge in [0, 0.05) is 19.3 Å². The number of ether oxygens (including phenoxy) is 3. The average Bonchev–Trinajstić information content (AvgIpc) is 3.50. The van der Waals surface area contributed by atoms with Crippen LogP contribution in [0.3, 0.4) is 0 Å². The molecule has 0 spiro atoms. The van der Waals surface area contributed by atoms with Gasteiger partial charge in [0.05, 0.1) is 0 Å². The van der Waals surface area contributed by atoms with Crippen LogP contribution in [0.2, 0.25) is 0 Å². The second-order valence-electron chi connectivity index (χ2n) is 20.9. The van der Waals surface area contributed by atoms with Crippen molar-refractivity contribution in [2.75, 3.05) is 13.2 Å². The van der Waals surface area contributed by atoms with E-state index in [2.05, 4.69) is 215 Å². The Morgan fingerprint density at radius 2 is 0.470 bits per heavy atom. The molecule has 0 rings (SSSR count).